The monoisotopic (exact) mass is 340 g/mol. The molecular weight excluding hydrogens is 310 g/mol. The van der Waals surface area contributed by atoms with Crippen molar-refractivity contribution in [2.75, 3.05) is 0 Å². The zero-order chi connectivity index (χ0) is 17.8. The number of unbranched alkanes of at least 4 members (excludes halogenated alkanes) is 7. The lowest BCUT2D eigenvalue weighted by Gasteiger charge is -2.16. The average molecular weight is 340 g/mol. The molecule has 0 fully saturated rings. The molecule has 0 N–H and O–H groups in total. The molecule has 4 heteroatoms. The van der Waals surface area contributed by atoms with E-state index in [1.807, 2.05) is 6.92 Å². The maximum atomic E-state index is 13.6. The highest BCUT2D eigenvalue weighted by Crippen LogP contribution is 2.18. The highest BCUT2D eigenvalue weighted by Gasteiger charge is 2.21. The quantitative estimate of drug-likeness (QED) is 0.324. The van der Waals surface area contributed by atoms with Gasteiger partial charge < -0.3 is 4.74 Å². The number of ether oxygens (including phenoxy) is 1. The summed E-state index contributed by atoms with van der Waals surface area (Å²) in [7, 11) is 0. The predicted octanol–water partition coefficient (Wildman–Crippen LogP) is 6.43. The van der Waals surface area contributed by atoms with Crippen molar-refractivity contribution in [1.29, 1.82) is 0 Å². The van der Waals surface area contributed by atoms with Crippen molar-refractivity contribution in [3.63, 3.8) is 0 Å². The molecule has 1 aromatic carbocycles. The lowest BCUT2D eigenvalue weighted by atomic mass is 10.0. The second-order valence-electron chi connectivity index (χ2n) is 6.30. The van der Waals surface area contributed by atoms with E-state index >= 15 is 0 Å². The molecule has 0 saturated carbocycles. The molecule has 0 bridgehead atoms. The fourth-order valence-corrected chi connectivity index (χ4v) is 2.76. The molecule has 1 aromatic rings. The summed E-state index contributed by atoms with van der Waals surface area (Å²) in [5.41, 5.74) is -0.591. The maximum absolute atomic E-state index is 13.6. The topological polar surface area (TPSA) is 26.3 Å². The Morgan fingerprint density at radius 1 is 0.958 bits per heavy atom. The minimum Gasteiger partial charge on any atom is -0.459 e. The number of rotatable bonds is 12. The molecule has 24 heavy (non-hydrogen) atoms. The third-order valence-electron chi connectivity index (χ3n) is 4.28. The summed E-state index contributed by atoms with van der Waals surface area (Å²) >= 11 is 0. The van der Waals surface area contributed by atoms with Gasteiger partial charge in [-0.25, -0.2) is 13.6 Å². The molecule has 0 radical (unpaired) electrons. The third kappa shape index (κ3) is 7.41. The van der Waals surface area contributed by atoms with Crippen molar-refractivity contribution < 1.29 is 18.3 Å². The summed E-state index contributed by atoms with van der Waals surface area (Å²) in [6, 6.07) is 3.37. The fraction of sp³-hybridized carbons (Fsp3) is 0.650. The van der Waals surface area contributed by atoms with E-state index < -0.39 is 23.2 Å². The molecule has 0 aliphatic carbocycles. The number of carbonyl (C=O) groups excluding carboxylic acids is 1. The fourth-order valence-electron chi connectivity index (χ4n) is 2.76. The van der Waals surface area contributed by atoms with Crippen molar-refractivity contribution in [3.05, 3.63) is 35.4 Å². The summed E-state index contributed by atoms with van der Waals surface area (Å²) in [4.78, 5) is 12.0. The van der Waals surface area contributed by atoms with Gasteiger partial charge in [0.2, 0.25) is 0 Å². The van der Waals surface area contributed by atoms with Crippen LogP contribution in [0.25, 0.3) is 0 Å². The van der Waals surface area contributed by atoms with Crippen molar-refractivity contribution in [2.45, 2.75) is 84.2 Å². The van der Waals surface area contributed by atoms with Gasteiger partial charge in [-0.3, -0.25) is 0 Å². The van der Waals surface area contributed by atoms with Crippen LogP contribution in [0.3, 0.4) is 0 Å². The Kier molecular flexibility index (Phi) is 10.3. The number of hydrogen-bond donors (Lipinski definition) is 0. The Labute approximate surface area is 144 Å². The SMILES string of the molecule is CCCCCCCCCCC(CC)OC(=O)c1c(F)cccc1F. The number of benzene rings is 1. The van der Waals surface area contributed by atoms with E-state index in [-0.39, 0.29) is 6.10 Å². The van der Waals surface area contributed by atoms with E-state index in [1.54, 1.807) is 0 Å². The van der Waals surface area contributed by atoms with Crippen LogP contribution in [0.2, 0.25) is 0 Å². The van der Waals surface area contributed by atoms with Gasteiger partial charge in [0.15, 0.2) is 0 Å². The molecule has 136 valence electrons. The van der Waals surface area contributed by atoms with Gasteiger partial charge in [-0.2, -0.15) is 0 Å². The smallest absolute Gasteiger partial charge is 0.344 e. The number of carbonyl (C=O) groups is 1. The first-order valence-electron chi connectivity index (χ1n) is 9.25. The van der Waals surface area contributed by atoms with Crippen LogP contribution in [-0.2, 0) is 4.74 Å². The molecule has 0 aliphatic heterocycles. The van der Waals surface area contributed by atoms with Crippen LogP contribution in [0.4, 0.5) is 8.78 Å². The minimum absolute atomic E-state index is 0.281. The maximum Gasteiger partial charge on any atom is 0.344 e. The number of hydrogen-bond acceptors (Lipinski definition) is 2. The molecule has 0 heterocycles. The second kappa shape index (κ2) is 12.0. The summed E-state index contributed by atoms with van der Waals surface area (Å²) in [5.74, 6) is -2.65. The third-order valence-corrected chi connectivity index (χ3v) is 4.28. The van der Waals surface area contributed by atoms with E-state index in [0.717, 1.165) is 31.4 Å². The van der Waals surface area contributed by atoms with Crippen LogP contribution in [0.15, 0.2) is 18.2 Å². The largest absolute Gasteiger partial charge is 0.459 e. The van der Waals surface area contributed by atoms with Crippen LogP contribution in [0, 0.1) is 11.6 Å². The van der Waals surface area contributed by atoms with Crippen molar-refractivity contribution >= 4 is 5.97 Å². The summed E-state index contributed by atoms with van der Waals surface area (Å²) < 4.78 is 32.5. The molecule has 2 nitrogen and oxygen atoms in total. The Morgan fingerprint density at radius 3 is 2.04 bits per heavy atom. The summed E-state index contributed by atoms with van der Waals surface area (Å²) in [6.45, 7) is 4.12. The number of halogens is 2. The first kappa shape index (κ1) is 20.6. The first-order chi connectivity index (χ1) is 11.6. The zero-order valence-electron chi connectivity index (χ0n) is 15.0. The molecule has 1 unspecified atom stereocenters. The Morgan fingerprint density at radius 2 is 1.50 bits per heavy atom. The second-order valence-corrected chi connectivity index (χ2v) is 6.30. The molecule has 0 aliphatic rings. The molecule has 1 atom stereocenters. The first-order valence-corrected chi connectivity index (χ1v) is 9.25. The van der Waals surface area contributed by atoms with Gasteiger partial charge >= 0.3 is 5.97 Å². The van der Waals surface area contributed by atoms with Gasteiger partial charge in [0.25, 0.3) is 0 Å². The van der Waals surface area contributed by atoms with E-state index in [1.165, 1.54) is 44.6 Å². The van der Waals surface area contributed by atoms with Crippen LogP contribution in [0.5, 0.6) is 0 Å². The van der Waals surface area contributed by atoms with Gasteiger partial charge in [0.1, 0.15) is 23.3 Å². The van der Waals surface area contributed by atoms with Crippen molar-refractivity contribution in [3.8, 4) is 0 Å². The molecule has 0 amide bonds. The van der Waals surface area contributed by atoms with E-state index in [0.29, 0.717) is 6.42 Å². The lowest BCUT2D eigenvalue weighted by molar-refractivity contribution is 0.0256. The minimum atomic E-state index is -0.906. The predicted molar refractivity (Wildman–Crippen MR) is 93.1 cm³/mol. The zero-order valence-corrected chi connectivity index (χ0v) is 15.0. The highest BCUT2D eigenvalue weighted by atomic mass is 19.1. The van der Waals surface area contributed by atoms with Crippen molar-refractivity contribution in [1.82, 2.24) is 0 Å². The van der Waals surface area contributed by atoms with E-state index in [4.69, 9.17) is 4.74 Å². The summed E-state index contributed by atoms with van der Waals surface area (Å²) in [5, 5.41) is 0. The van der Waals surface area contributed by atoms with Crippen LogP contribution >= 0.6 is 0 Å². The average Bonchev–Trinajstić information content (AvgIpc) is 2.56. The molecular formula is C20H30F2O2. The molecule has 0 spiro atoms. The molecule has 0 saturated heterocycles. The Bertz CT molecular complexity index is 468. The molecule has 0 aromatic heterocycles. The van der Waals surface area contributed by atoms with Gasteiger partial charge in [-0.05, 0) is 31.4 Å². The van der Waals surface area contributed by atoms with Gasteiger partial charge in [0.05, 0.1) is 0 Å². The van der Waals surface area contributed by atoms with E-state index in [9.17, 15) is 13.6 Å². The Hall–Kier alpha value is -1.45. The number of esters is 1. The lowest BCUT2D eigenvalue weighted by Crippen LogP contribution is -2.19. The Balaban J connectivity index is 2.30. The standard InChI is InChI=1S/C20H30F2O2/c1-3-5-6-7-8-9-10-11-13-16(4-2)24-20(23)19-17(21)14-12-15-18(19)22/h12,14-16H,3-11,13H2,1-2H3. The van der Waals surface area contributed by atoms with Crippen LogP contribution < -0.4 is 0 Å². The van der Waals surface area contributed by atoms with Gasteiger partial charge in [0, 0.05) is 0 Å². The highest BCUT2D eigenvalue weighted by molar-refractivity contribution is 5.90. The van der Waals surface area contributed by atoms with Gasteiger partial charge in [-0.1, -0.05) is 64.9 Å². The van der Waals surface area contributed by atoms with Crippen LogP contribution in [-0.4, -0.2) is 12.1 Å². The molecule has 1 rings (SSSR count). The van der Waals surface area contributed by atoms with Crippen LogP contribution in [0.1, 0.15) is 88.4 Å². The van der Waals surface area contributed by atoms with Crippen molar-refractivity contribution in [2.24, 2.45) is 0 Å². The summed E-state index contributed by atoms with van der Waals surface area (Å²) in [6.07, 6.45) is 10.8. The normalized spacial score (nSPS) is 12.2. The van der Waals surface area contributed by atoms with E-state index in [2.05, 4.69) is 6.92 Å². The van der Waals surface area contributed by atoms with Gasteiger partial charge in [-0.15, -0.1) is 0 Å².